The highest BCUT2D eigenvalue weighted by molar-refractivity contribution is 7.10. The topological polar surface area (TPSA) is 96.7 Å². The van der Waals surface area contributed by atoms with E-state index in [1.165, 1.54) is 4.88 Å². The molecule has 0 aliphatic carbocycles. The fourth-order valence-electron chi connectivity index (χ4n) is 2.64. The van der Waals surface area contributed by atoms with Crippen LogP contribution in [0.15, 0.2) is 17.5 Å². The lowest BCUT2D eigenvalue weighted by Gasteiger charge is -2.34. The number of amides is 2. The summed E-state index contributed by atoms with van der Waals surface area (Å²) in [5.41, 5.74) is 5.77. The molecule has 1 aliphatic heterocycles. The van der Waals surface area contributed by atoms with E-state index < -0.39 is 6.04 Å². The Balaban J connectivity index is 0.00000338. The number of nitrogens with two attached hydrogens (primary N) is 1. The van der Waals surface area contributed by atoms with Crippen molar-refractivity contribution in [1.29, 1.82) is 0 Å². The molecular weight excluding hydrogens is 411 g/mol. The fraction of sp³-hybridized carbons (Fsp3) is 0.647. The maximum Gasteiger partial charge on any atom is 0.239 e. The summed E-state index contributed by atoms with van der Waals surface area (Å²) in [6.45, 7) is 7.30. The number of thiophene rings is 1. The molecule has 0 aromatic carbocycles. The van der Waals surface area contributed by atoms with Gasteiger partial charge in [-0.3, -0.25) is 14.5 Å². The second kappa shape index (κ2) is 13.3. The van der Waals surface area contributed by atoms with Crippen LogP contribution >= 0.6 is 36.2 Å². The Labute approximate surface area is 177 Å². The zero-order chi connectivity index (χ0) is 18.2. The number of hydrogen-bond donors (Lipinski definition) is 3. The van der Waals surface area contributed by atoms with Crippen molar-refractivity contribution in [2.45, 2.75) is 25.9 Å². The number of hydrogen-bond acceptors (Lipinski definition) is 6. The van der Waals surface area contributed by atoms with Crippen LogP contribution in [0.3, 0.4) is 0 Å². The monoisotopic (exact) mass is 440 g/mol. The lowest BCUT2D eigenvalue weighted by molar-refractivity contribution is -0.127. The predicted octanol–water partition coefficient (Wildman–Crippen LogP) is 1.18. The van der Waals surface area contributed by atoms with Crippen LogP contribution in [-0.2, 0) is 14.3 Å². The molecule has 1 unspecified atom stereocenters. The van der Waals surface area contributed by atoms with Crippen LogP contribution in [0.2, 0.25) is 0 Å². The Morgan fingerprint density at radius 1 is 1.26 bits per heavy atom. The summed E-state index contributed by atoms with van der Waals surface area (Å²) >= 11 is 1.68. The van der Waals surface area contributed by atoms with E-state index in [0.717, 1.165) is 13.1 Å². The van der Waals surface area contributed by atoms with Gasteiger partial charge in [0.2, 0.25) is 11.8 Å². The zero-order valence-corrected chi connectivity index (χ0v) is 18.1. The largest absolute Gasteiger partial charge is 0.379 e. The molecule has 0 spiro atoms. The predicted molar refractivity (Wildman–Crippen MR) is 113 cm³/mol. The third kappa shape index (κ3) is 8.33. The molecule has 1 fully saturated rings. The Kier molecular flexibility index (Phi) is 12.9. The molecule has 2 heterocycles. The van der Waals surface area contributed by atoms with E-state index >= 15 is 0 Å². The number of rotatable bonds is 8. The zero-order valence-electron chi connectivity index (χ0n) is 15.7. The molecule has 0 radical (unpaired) electrons. The first-order valence-corrected chi connectivity index (χ1v) is 9.52. The second-order valence-corrected chi connectivity index (χ2v) is 7.45. The first-order valence-electron chi connectivity index (χ1n) is 8.64. The summed E-state index contributed by atoms with van der Waals surface area (Å²) in [4.78, 5) is 27.5. The standard InChI is InChI=1S/C17H28N4O3S.2ClH/c1-12(2)16(18)17(23)20-11-15(22)19-10-13(14-4-3-9-25-14)21-5-7-24-8-6-21;;/h3-4,9,12-13,16H,5-8,10-11,18H2,1-2H3,(H,19,22)(H,20,23);2*1H/t13?,16-;;/m0../s1. The second-order valence-electron chi connectivity index (χ2n) is 6.47. The highest BCUT2D eigenvalue weighted by Gasteiger charge is 2.24. The van der Waals surface area contributed by atoms with Gasteiger partial charge in [-0.15, -0.1) is 36.2 Å². The average Bonchev–Trinajstić information content (AvgIpc) is 3.14. The minimum absolute atomic E-state index is 0. The number of carbonyl (C=O) groups is 2. The van der Waals surface area contributed by atoms with Gasteiger partial charge in [0.15, 0.2) is 0 Å². The first kappa shape index (κ1) is 26.1. The van der Waals surface area contributed by atoms with Gasteiger partial charge in [0.1, 0.15) is 0 Å². The Morgan fingerprint density at radius 2 is 1.93 bits per heavy atom. The maximum atomic E-state index is 12.1. The molecule has 1 aromatic rings. The van der Waals surface area contributed by atoms with Crippen molar-refractivity contribution in [3.63, 3.8) is 0 Å². The molecule has 156 valence electrons. The van der Waals surface area contributed by atoms with Crippen molar-refractivity contribution in [2.75, 3.05) is 39.4 Å². The van der Waals surface area contributed by atoms with Gasteiger partial charge in [-0.1, -0.05) is 19.9 Å². The summed E-state index contributed by atoms with van der Waals surface area (Å²) in [5, 5.41) is 7.56. The van der Waals surface area contributed by atoms with E-state index in [1.807, 2.05) is 25.3 Å². The van der Waals surface area contributed by atoms with Crippen molar-refractivity contribution in [2.24, 2.45) is 11.7 Å². The maximum absolute atomic E-state index is 12.1. The number of morpholine rings is 1. The van der Waals surface area contributed by atoms with Crippen LogP contribution in [-0.4, -0.2) is 62.1 Å². The number of halogens is 2. The smallest absolute Gasteiger partial charge is 0.239 e. The van der Waals surface area contributed by atoms with Crippen LogP contribution in [0.4, 0.5) is 0 Å². The Morgan fingerprint density at radius 3 is 2.48 bits per heavy atom. The summed E-state index contributed by atoms with van der Waals surface area (Å²) in [6, 6.07) is 3.63. The number of ether oxygens (including phenoxy) is 1. The van der Waals surface area contributed by atoms with Crippen LogP contribution in [0.5, 0.6) is 0 Å². The summed E-state index contributed by atoms with van der Waals surface area (Å²) in [6.07, 6.45) is 0. The molecule has 1 saturated heterocycles. The van der Waals surface area contributed by atoms with E-state index in [2.05, 4.69) is 21.6 Å². The van der Waals surface area contributed by atoms with Crippen LogP contribution in [0.25, 0.3) is 0 Å². The molecule has 2 amide bonds. The highest BCUT2D eigenvalue weighted by atomic mass is 35.5. The van der Waals surface area contributed by atoms with Crippen molar-refractivity contribution >= 4 is 48.0 Å². The SMILES string of the molecule is CC(C)[C@H](N)C(=O)NCC(=O)NCC(c1cccs1)N1CCOCC1.Cl.Cl. The Bertz CT molecular complexity index is 554. The quantitative estimate of drug-likeness (QED) is 0.563. The molecule has 0 bridgehead atoms. The minimum atomic E-state index is -0.597. The Hall–Kier alpha value is -0.900. The molecule has 2 rings (SSSR count). The van der Waals surface area contributed by atoms with Crippen LogP contribution in [0.1, 0.15) is 24.8 Å². The summed E-state index contributed by atoms with van der Waals surface area (Å²) in [7, 11) is 0. The lowest BCUT2D eigenvalue weighted by atomic mass is 10.1. The molecule has 10 heteroatoms. The molecule has 2 atom stereocenters. The van der Waals surface area contributed by atoms with Crippen LogP contribution in [0, 0.1) is 5.92 Å². The van der Waals surface area contributed by atoms with E-state index in [9.17, 15) is 9.59 Å². The fourth-order valence-corrected chi connectivity index (χ4v) is 3.50. The van der Waals surface area contributed by atoms with E-state index in [1.54, 1.807) is 11.3 Å². The number of nitrogens with one attached hydrogen (secondary N) is 2. The molecule has 1 aliphatic rings. The molecule has 7 nitrogen and oxygen atoms in total. The van der Waals surface area contributed by atoms with Gasteiger partial charge in [0, 0.05) is 24.5 Å². The molecule has 1 aromatic heterocycles. The average molecular weight is 441 g/mol. The molecule has 27 heavy (non-hydrogen) atoms. The summed E-state index contributed by atoms with van der Waals surface area (Å²) in [5.74, 6) is -0.472. The van der Waals surface area contributed by atoms with E-state index in [4.69, 9.17) is 10.5 Å². The van der Waals surface area contributed by atoms with Gasteiger partial charge in [0.05, 0.1) is 31.8 Å². The van der Waals surface area contributed by atoms with Gasteiger partial charge in [-0.25, -0.2) is 0 Å². The van der Waals surface area contributed by atoms with Crippen molar-refractivity contribution < 1.29 is 14.3 Å². The molecular formula is C17H30Cl2N4O3S. The number of carbonyl (C=O) groups excluding carboxylic acids is 2. The van der Waals surface area contributed by atoms with Gasteiger partial charge in [-0.05, 0) is 17.4 Å². The molecule has 4 N–H and O–H groups in total. The van der Waals surface area contributed by atoms with Crippen molar-refractivity contribution in [1.82, 2.24) is 15.5 Å². The van der Waals surface area contributed by atoms with Crippen molar-refractivity contribution in [3.8, 4) is 0 Å². The third-order valence-electron chi connectivity index (χ3n) is 4.29. The summed E-state index contributed by atoms with van der Waals surface area (Å²) < 4.78 is 5.41. The third-order valence-corrected chi connectivity index (χ3v) is 5.27. The minimum Gasteiger partial charge on any atom is -0.379 e. The highest BCUT2D eigenvalue weighted by Crippen LogP contribution is 2.25. The van der Waals surface area contributed by atoms with Gasteiger partial charge >= 0.3 is 0 Å². The van der Waals surface area contributed by atoms with Gasteiger partial charge < -0.3 is 21.1 Å². The van der Waals surface area contributed by atoms with Crippen molar-refractivity contribution in [3.05, 3.63) is 22.4 Å². The molecule has 0 saturated carbocycles. The van der Waals surface area contributed by atoms with Crippen LogP contribution < -0.4 is 16.4 Å². The number of nitrogens with zero attached hydrogens (tertiary/aromatic N) is 1. The lowest BCUT2D eigenvalue weighted by Crippen LogP contribution is -2.48. The van der Waals surface area contributed by atoms with Gasteiger partial charge in [-0.2, -0.15) is 0 Å². The van der Waals surface area contributed by atoms with Gasteiger partial charge in [0.25, 0.3) is 0 Å². The van der Waals surface area contributed by atoms with E-state index in [0.29, 0.717) is 19.8 Å². The normalized spacial score (nSPS) is 16.6. The van der Waals surface area contributed by atoms with E-state index in [-0.39, 0.29) is 55.1 Å². The first-order chi connectivity index (χ1) is 12.0.